The molecule has 2 radical (unpaired) electrons. The van der Waals surface area contributed by atoms with E-state index in [4.69, 9.17) is 9.79 Å². The van der Waals surface area contributed by atoms with Gasteiger partial charge >= 0.3 is 13.9 Å². The van der Waals surface area contributed by atoms with E-state index >= 15 is 0 Å². The molecule has 0 saturated carbocycles. The Balaban J connectivity index is 0.00000182. The molecule has 1 aliphatic rings. The van der Waals surface area contributed by atoms with Gasteiger partial charge in [-0.1, -0.05) is 60.7 Å². The summed E-state index contributed by atoms with van der Waals surface area (Å²) >= 11 is 0. The maximum atomic E-state index is 13.1. The predicted molar refractivity (Wildman–Crippen MR) is 98.5 cm³/mol. The topological polar surface area (TPSA) is 116 Å². The maximum Gasteiger partial charge on any atom is 0.471 e. The van der Waals surface area contributed by atoms with Crippen molar-refractivity contribution in [3.05, 3.63) is 71.8 Å². The van der Waals surface area contributed by atoms with Crippen LogP contribution >= 0.6 is 7.82 Å². The molecule has 0 bridgehead atoms. The van der Waals surface area contributed by atoms with Gasteiger partial charge in [0.05, 0.1) is 0 Å². The molecule has 1 heterocycles. The molecular formula is C16H15N2Na2O6P. The molecule has 0 unspecified atom stereocenters. The summed E-state index contributed by atoms with van der Waals surface area (Å²) in [6, 6.07) is 16.4. The van der Waals surface area contributed by atoms with Gasteiger partial charge in [-0.25, -0.2) is 14.3 Å². The number of nitrogens with one attached hydrogen (secondary N) is 1. The van der Waals surface area contributed by atoms with Crippen molar-refractivity contribution in [3.8, 4) is 0 Å². The number of rotatable bonds is 5. The van der Waals surface area contributed by atoms with Crippen molar-refractivity contribution in [1.82, 2.24) is 10.2 Å². The third-order valence-electron chi connectivity index (χ3n) is 3.87. The van der Waals surface area contributed by atoms with Gasteiger partial charge in [-0.15, -0.1) is 0 Å². The minimum atomic E-state index is -4.83. The van der Waals surface area contributed by atoms with E-state index in [-0.39, 0.29) is 59.1 Å². The summed E-state index contributed by atoms with van der Waals surface area (Å²) in [5, 5.41) is 2.64. The Labute approximate surface area is 200 Å². The zero-order valence-electron chi connectivity index (χ0n) is 14.9. The number of hydrogen-bond donors (Lipinski definition) is 3. The van der Waals surface area contributed by atoms with Crippen LogP contribution in [0.2, 0.25) is 0 Å². The van der Waals surface area contributed by atoms with Crippen molar-refractivity contribution in [2.75, 3.05) is 6.73 Å². The summed E-state index contributed by atoms with van der Waals surface area (Å²) in [6.45, 7) is -0.851. The number of benzene rings is 2. The number of phosphoric acid groups is 1. The van der Waals surface area contributed by atoms with Gasteiger partial charge in [-0.3, -0.25) is 9.32 Å². The fourth-order valence-electron chi connectivity index (χ4n) is 2.76. The number of amides is 3. The monoisotopic (exact) mass is 408 g/mol. The molecule has 0 aliphatic carbocycles. The first-order valence-electron chi connectivity index (χ1n) is 7.30. The number of imide groups is 1. The minimum absolute atomic E-state index is 0. The smallest absolute Gasteiger partial charge is 0.315 e. The molecule has 2 aromatic carbocycles. The van der Waals surface area contributed by atoms with Gasteiger partial charge in [0.2, 0.25) is 0 Å². The van der Waals surface area contributed by atoms with Crippen LogP contribution in [0.4, 0.5) is 4.79 Å². The zero-order valence-corrected chi connectivity index (χ0v) is 19.8. The second-order valence-electron chi connectivity index (χ2n) is 5.39. The summed E-state index contributed by atoms with van der Waals surface area (Å²) in [7, 11) is -4.83. The van der Waals surface area contributed by atoms with Gasteiger partial charge < -0.3 is 15.1 Å². The third-order valence-corrected chi connectivity index (χ3v) is 4.33. The van der Waals surface area contributed by atoms with Crippen molar-refractivity contribution in [2.24, 2.45) is 0 Å². The largest absolute Gasteiger partial charge is 0.471 e. The van der Waals surface area contributed by atoms with Gasteiger partial charge in [0.1, 0.15) is 6.73 Å². The standard InChI is InChI=1S/C16H15N2O6P.2Na/c19-14-16(12-7-3-1-4-8-12,13-9-5-2-6-10-13)17-15(20)18(14)11-24-25(21,22)23;;/h1-10H,11H2,(H,17,20)(H2,21,22,23);;. The van der Waals surface area contributed by atoms with E-state index in [1.165, 1.54) is 0 Å². The Morgan fingerprint density at radius 2 is 1.37 bits per heavy atom. The van der Waals surface area contributed by atoms with E-state index in [2.05, 4.69) is 9.84 Å². The Hall–Kier alpha value is -0.510. The minimum Gasteiger partial charge on any atom is -0.315 e. The SMILES string of the molecule is O=C1NC(c2ccccc2)(c2ccccc2)C(=O)N1COP(=O)(O)O.[Na].[Na]. The maximum absolute atomic E-state index is 13.1. The van der Waals surface area contributed by atoms with Crippen LogP contribution in [0.1, 0.15) is 11.1 Å². The average Bonchev–Trinajstić information content (AvgIpc) is 2.85. The van der Waals surface area contributed by atoms with Crippen LogP contribution in [0, 0.1) is 0 Å². The second-order valence-corrected chi connectivity index (χ2v) is 6.63. The Kier molecular flexibility index (Phi) is 8.91. The van der Waals surface area contributed by atoms with Crippen LogP contribution in [0.3, 0.4) is 0 Å². The summed E-state index contributed by atoms with van der Waals surface area (Å²) in [6.07, 6.45) is 0. The van der Waals surface area contributed by atoms with E-state index in [9.17, 15) is 14.2 Å². The van der Waals surface area contributed by atoms with Gasteiger partial charge in [0, 0.05) is 59.1 Å². The predicted octanol–water partition coefficient (Wildman–Crippen LogP) is 0.787. The van der Waals surface area contributed by atoms with Crippen LogP contribution in [-0.2, 0) is 19.4 Å². The van der Waals surface area contributed by atoms with Crippen LogP contribution in [0.15, 0.2) is 60.7 Å². The van der Waals surface area contributed by atoms with E-state index in [1.807, 2.05) is 0 Å². The quantitative estimate of drug-likeness (QED) is 0.383. The molecule has 132 valence electrons. The number of hydrogen-bond acceptors (Lipinski definition) is 4. The normalized spacial score (nSPS) is 15.6. The fourth-order valence-corrected chi connectivity index (χ4v) is 3.03. The molecule has 3 amide bonds. The molecule has 11 heteroatoms. The first-order valence-corrected chi connectivity index (χ1v) is 8.83. The number of nitrogens with zero attached hydrogens (tertiary/aromatic N) is 1. The molecule has 0 spiro atoms. The van der Waals surface area contributed by atoms with E-state index < -0.39 is 32.0 Å². The van der Waals surface area contributed by atoms with Crippen molar-refractivity contribution >= 4 is 78.9 Å². The Morgan fingerprint density at radius 1 is 0.926 bits per heavy atom. The summed E-state index contributed by atoms with van der Waals surface area (Å²) in [5.41, 5.74) is -0.436. The molecule has 3 N–H and O–H groups in total. The molecule has 0 atom stereocenters. The van der Waals surface area contributed by atoms with Gasteiger partial charge in [-0.2, -0.15) is 0 Å². The summed E-state index contributed by atoms with van der Waals surface area (Å²) in [4.78, 5) is 43.7. The summed E-state index contributed by atoms with van der Waals surface area (Å²) in [5.74, 6) is -0.677. The third kappa shape index (κ3) is 5.10. The van der Waals surface area contributed by atoms with Gasteiger partial charge in [0.25, 0.3) is 5.91 Å². The Bertz CT molecular complexity index is 807. The molecule has 8 nitrogen and oxygen atoms in total. The van der Waals surface area contributed by atoms with E-state index in [1.54, 1.807) is 60.7 Å². The van der Waals surface area contributed by atoms with Crippen LogP contribution in [0.5, 0.6) is 0 Å². The first kappa shape index (κ1) is 24.5. The second kappa shape index (κ2) is 9.80. The number of phosphoric ester groups is 1. The van der Waals surface area contributed by atoms with Crippen molar-refractivity contribution in [3.63, 3.8) is 0 Å². The summed E-state index contributed by atoms with van der Waals surface area (Å²) < 4.78 is 15.2. The number of carbonyl (C=O) groups is 2. The van der Waals surface area contributed by atoms with E-state index in [0.29, 0.717) is 16.0 Å². The van der Waals surface area contributed by atoms with Gasteiger partial charge in [0.15, 0.2) is 5.54 Å². The number of urea groups is 1. The molecule has 0 aromatic heterocycles. The zero-order chi connectivity index (χ0) is 18.1. The van der Waals surface area contributed by atoms with Crippen LogP contribution in [-0.4, -0.2) is 92.5 Å². The number of carbonyl (C=O) groups excluding carboxylic acids is 2. The molecular weight excluding hydrogens is 393 g/mol. The molecule has 3 rings (SSSR count). The van der Waals surface area contributed by atoms with Gasteiger partial charge in [-0.05, 0) is 11.1 Å². The average molecular weight is 408 g/mol. The van der Waals surface area contributed by atoms with E-state index in [0.717, 1.165) is 0 Å². The van der Waals surface area contributed by atoms with Crippen molar-refractivity contribution < 1.29 is 28.5 Å². The molecule has 27 heavy (non-hydrogen) atoms. The van der Waals surface area contributed by atoms with Crippen LogP contribution < -0.4 is 5.32 Å². The first-order chi connectivity index (χ1) is 11.8. The molecule has 1 fully saturated rings. The fraction of sp³-hybridized carbons (Fsp3) is 0.125. The van der Waals surface area contributed by atoms with Crippen LogP contribution in [0.25, 0.3) is 0 Å². The molecule has 1 saturated heterocycles. The Morgan fingerprint density at radius 3 is 1.78 bits per heavy atom. The van der Waals surface area contributed by atoms with Crippen molar-refractivity contribution in [2.45, 2.75) is 5.54 Å². The van der Waals surface area contributed by atoms with Crippen molar-refractivity contribution in [1.29, 1.82) is 0 Å². The molecule has 1 aliphatic heterocycles. The molecule has 2 aromatic rings.